The Morgan fingerprint density at radius 1 is 1.12 bits per heavy atom. The Morgan fingerprint density at radius 3 is 2.71 bits per heavy atom. The summed E-state index contributed by atoms with van der Waals surface area (Å²) >= 11 is 0. The predicted octanol–water partition coefficient (Wildman–Crippen LogP) is 3.24. The quantitative estimate of drug-likeness (QED) is 0.599. The third-order valence-corrected chi connectivity index (χ3v) is 3.86. The van der Waals surface area contributed by atoms with Crippen molar-refractivity contribution in [3.8, 4) is 11.4 Å². The minimum atomic E-state index is 0.607. The highest BCUT2D eigenvalue weighted by Gasteiger charge is 2.17. The van der Waals surface area contributed by atoms with Gasteiger partial charge < -0.3 is 14.8 Å². The van der Waals surface area contributed by atoms with Crippen LogP contribution in [0.5, 0.6) is 0 Å². The average Bonchev–Trinajstić information content (AvgIpc) is 3.17. The zero-order valence-corrected chi connectivity index (χ0v) is 13.4. The van der Waals surface area contributed by atoms with E-state index in [1.54, 1.807) is 0 Å². The molecule has 3 heterocycles. The van der Waals surface area contributed by atoms with Crippen LogP contribution in [0.1, 0.15) is 17.0 Å². The van der Waals surface area contributed by atoms with Gasteiger partial charge in [-0.3, -0.25) is 0 Å². The predicted molar refractivity (Wildman–Crippen MR) is 90.4 cm³/mol. The van der Waals surface area contributed by atoms with E-state index < -0.39 is 0 Å². The van der Waals surface area contributed by atoms with Crippen LogP contribution in [0.15, 0.2) is 41.2 Å². The first kappa shape index (κ1) is 14.4. The molecule has 0 bridgehead atoms. The lowest BCUT2D eigenvalue weighted by Crippen LogP contribution is -2.02. The number of nitrogens with one attached hydrogen (secondary N) is 2. The van der Waals surface area contributed by atoms with E-state index in [1.165, 1.54) is 11.9 Å². The zero-order chi connectivity index (χ0) is 16.5. The molecule has 0 unspecified atom stereocenters. The van der Waals surface area contributed by atoms with Gasteiger partial charge in [0.1, 0.15) is 23.4 Å². The molecule has 0 aliphatic heterocycles. The summed E-state index contributed by atoms with van der Waals surface area (Å²) in [4.78, 5) is 16.4. The number of H-pyrrole nitrogens is 1. The van der Waals surface area contributed by atoms with Gasteiger partial charge in [0.05, 0.1) is 11.3 Å². The van der Waals surface area contributed by atoms with E-state index >= 15 is 0 Å². The average molecular weight is 320 g/mol. The van der Waals surface area contributed by atoms with Gasteiger partial charge in [0.2, 0.25) is 0 Å². The summed E-state index contributed by atoms with van der Waals surface area (Å²) in [6.45, 7) is 4.43. The molecule has 0 radical (unpaired) electrons. The number of hydrogen-bond acceptors (Lipinski definition) is 6. The zero-order valence-electron chi connectivity index (χ0n) is 13.4. The smallest absolute Gasteiger partial charge is 0.183 e. The van der Waals surface area contributed by atoms with E-state index in [4.69, 9.17) is 4.52 Å². The van der Waals surface area contributed by atoms with Crippen molar-refractivity contribution < 1.29 is 4.52 Å². The van der Waals surface area contributed by atoms with Gasteiger partial charge >= 0.3 is 0 Å². The first-order valence-corrected chi connectivity index (χ1v) is 7.64. The van der Waals surface area contributed by atoms with Crippen molar-refractivity contribution in [2.24, 2.45) is 0 Å². The molecule has 0 saturated heterocycles. The normalized spacial score (nSPS) is 11.1. The maximum atomic E-state index is 5.22. The molecule has 0 amide bonds. The van der Waals surface area contributed by atoms with Crippen LogP contribution in [0.25, 0.3) is 22.6 Å². The summed E-state index contributed by atoms with van der Waals surface area (Å²) in [5.74, 6) is 2.12. The number of aromatic nitrogens is 5. The van der Waals surface area contributed by atoms with Crippen molar-refractivity contribution >= 4 is 17.0 Å². The lowest BCUT2D eigenvalue weighted by atomic mass is 10.2. The summed E-state index contributed by atoms with van der Waals surface area (Å²) in [5.41, 5.74) is 4.20. The van der Waals surface area contributed by atoms with Gasteiger partial charge in [0.25, 0.3) is 0 Å². The highest BCUT2D eigenvalue weighted by molar-refractivity contribution is 5.85. The molecule has 7 heteroatoms. The lowest BCUT2D eigenvalue weighted by molar-refractivity contribution is 0.393. The molecule has 0 aliphatic rings. The lowest BCUT2D eigenvalue weighted by Gasteiger charge is -2.05. The van der Waals surface area contributed by atoms with Gasteiger partial charge in [-0.2, -0.15) is 0 Å². The number of benzene rings is 1. The molecule has 7 nitrogen and oxygen atoms in total. The van der Waals surface area contributed by atoms with Gasteiger partial charge in [-0.15, -0.1) is 0 Å². The van der Waals surface area contributed by atoms with Crippen LogP contribution >= 0.6 is 0 Å². The number of anilines is 1. The third-order valence-electron chi connectivity index (χ3n) is 3.86. The van der Waals surface area contributed by atoms with Gasteiger partial charge in [-0.1, -0.05) is 35.5 Å². The molecular weight excluding hydrogens is 304 g/mol. The third kappa shape index (κ3) is 2.50. The van der Waals surface area contributed by atoms with Crippen LogP contribution < -0.4 is 5.32 Å². The van der Waals surface area contributed by atoms with Crippen molar-refractivity contribution in [1.29, 1.82) is 0 Å². The fourth-order valence-electron chi connectivity index (χ4n) is 2.68. The fourth-order valence-corrected chi connectivity index (χ4v) is 2.68. The number of aryl methyl sites for hydroxylation is 2. The number of nitrogens with zero attached hydrogens (tertiary/aromatic N) is 4. The summed E-state index contributed by atoms with van der Waals surface area (Å²) < 4.78 is 5.22. The number of imidazole rings is 1. The molecule has 0 atom stereocenters. The number of rotatable bonds is 4. The van der Waals surface area contributed by atoms with Crippen molar-refractivity contribution in [1.82, 2.24) is 25.1 Å². The van der Waals surface area contributed by atoms with E-state index in [0.29, 0.717) is 18.0 Å². The van der Waals surface area contributed by atoms with Crippen LogP contribution in [0.3, 0.4) is 0 Å². The molecule has 0 saturated carbocycles. The minimum Gasteiger partial charge on any atom is -0.364 e. The van der Waals surface area contributed by atoms with Gasteiger partial charge in [-0.05, 0) is 19.4 Å². The van der Waals surface area contributed by atoms with Crippen molar-refractivity contribution in [2.45, 2.75) is 20.4 Å². The molecule has 0 aliphatic carbocycles. The maximum absolute atomic E-state index is 5.22. The Balaban J connectivity index is 1.70. The number of aromatic amines is 1. The second kappa shape index (κ2) is 5.77. The molecule has 2 N–H and O–H groups in total. The van der Waals surface area contributed by atoms with Crippen molar-refractivity contribution in [3.63, 3.8) is 0 Å². The molecule has 4 rings (SSSR count). The Labute approximate surface area is 138 Å². The van der Waals surface area contributed by atoms with Crippen molar-refractivity contribution in [2.75, 3.05) is 5.32 Å². The van der Waals surface area contributed by atoms with Crippen LogP contribution in [0.2, 0.25) is 0 Å². The molecule has 1 aromatic carbocycles. The summed E-state index contributed by atoms with van der Waals surface area (Å²) in [5, 5.41) is 7.30. The molecule has 0 fully saturated rings. The standard InChI is InChI=1S/C17H16N6O/c1-10-13(11(2)24-23-10)15-21-14-16(19-9-20-17(14)22-15)18-8-12-6-4-3-5-7-12/h3-7,9H,8H2,1-2H3,(H2,18,19,20,21,22). The van der Waals surface area contributed by atoms with E-state index in [1.807, 2.05) is 32.0 Å². The highest BCUT2D eigenvalue weighted by Crippen LogP contribution is 2.27. The topological polar surface area (TPSA) is 92.5 Å². The number of hydrogen-bond donors (Lipinski definition) is 2. The Kier molecular flexibility index (Phi) is 3.45. The van der Waals surface area contributed by atoms with E-state index in [2.05, 4.69) is 42.5 Å². The van der Waals surface area contributed by atoms with E-state index in [0.717, 1.165) is 28.4 Å². The van der Waals surface area contributed by atoms with Crippen LogP contribution in [0, 0.1) is 13.8 Å². The van der Waals surface area contributed by atoms with Crippen LogP contribution in [-0.2, 0) is 6.54 Å². The number of fused-ring (bicyclic) bond motifs is 1. The highest BCUT2D eigenvalue weighted by atomic mass is 16.5. The second-order valence-corrected chi connectivity index (χ2v) is 5.54. The van der Waals surface area contributed by atoms with E-state index in [9.17, 15) is 0 Å². The molecular formula is C17H16N6O. The monoisotopic (exact) mass is 320 g/mol. The molecule has 3 aromatic heterocycles. The second-order valence-electron chi connectivity index (χ2n) is 5.54. The largest absolute Gasteiger partial charge is 0.364 e. The Morgan fingerprint density at radius 2 is 1.96 bits per heavy atom. The molecule has 24 heavy (non-hydrogen) atoms. The van der Waals surface area contributed by atoms with Gasteiger partial charge in [-0.25, -0.2) is 15.0 Å². The van der Waals surface area contributed by atoms with Crippen LogP contribution in [-0.4, -0.2) is 25.1 Å². The van der Waals surface area contributed by atoms with Gasteiger partial charge in [0.15, 0.2) is 11.5 Å². The fraction of sp³-hybridized carbons (Fsp3) is 0.176. The van der Waals surface area contributed by atoms with Crippen LogP contribution in [0.4, 0.5) is 5.82 Å². The maximum Gasteiger partial charge on any atom is 0.183 e. The summed E-state index contributed by atoms with van der Waals surface area (Å²) in [6.07, 6.45) is 1.51. The summed E-state index contributed by atoms with van der Waals surface area (Å²) in [6, 6.07) is 10.1. The molecule has 120 valence electrons. The molecule has 4 aromatic rings. The van der Waals surface area contributed by atoms with E-state index in [-0.39, 0.29) is 0 Å². The van der Waals surface area contributed by atoms with Crippen molar-refractivity contribution in [3.05, 3.63) is 53.7 Å². The van der Waals surface area contributed by atoms with Gasteiger partial charge in [0, 0.05) is 6.54 Å². The minimum absolute atomic E-state index is 0.607. The SMILES string of the molecule is Cc1noc(C)c1-c1nc2ncnc(NCc3ccccc3)c2[nH]1. The Hall–Kier alpha value is -3.22. The first-order chi connectivity index (χ1) is 11.7. The Bertz CT molecular complexity index is 969. The summed E-state index contributed by atoms with van der Waals surface area (Å²) in [7, 11) is 0. The first-order valence-electron chi connectivity index (χ1n) is 7.64. The molecule has 0 spiro atoms.